The van der Waals surface area contributed by atoms with Crippen molar-refractivity contribution in [3.63, 3.8) is 0 Å². The fraction of sp³-hybridized carbons (Fsp3) is 0.308. The summed E-state index contributed by atoms with van der Waals surface area (Å²) < 4.78 is 0. The van der Waals surface area contributed by atoms with Gasteiger partial charge in [0.1, 0.15) is 0 Å². The number of hydrogen-bond donors (Lipinski definition) is 1. The molecule has 1 heterocycles. The first kappa shape index (κ1) is 11.1. The van der Waals surface area contributed by atoms with E-state index in [4.69, 9.17) is 0 Å². The fourth-order valence-electron chi connectivity index (χ4n) is 1.58. The normalized spacial score (nSPS) is 10.4. The van der Waals surface area contributed by atoms with Crippen LogP contribution < -0.4 is 5.32 Å². The summed E-state index contributed by atoms with van der Waals surface area (Å²) in [6.07, 6.45) is 2.24. The smallest absolute Gasteiger partial charge is 0.0932 e. The van der Waals surface area contributed by atoms with Crippen molar-refractivity contribution in [2.75, 3.05) is 12.4 Å². The van der Waals surface area contributed by atoms with Gasteiger partial charge in [0.25, 0.3) is 0 Å². The Morgan fingerprint density at radius 1 is 1.25 bits per heavy atom. The van der Waals surface area contributed by atoms with E-state index in [9.17, 15) is 0 Å². The lowest BCUT2D eigenvalue weighted by molar-refractivity contribution is 0.910. The Labute approximate surface area is 100 Å². The van der Waals surface area contributed by atoms with Gasteiger partial charge in [-0.25, -0.2) is 4.98 Å². The van der Waals surface area contributed by atoms with Crippen LogP contribution >= 0.6 is 11.3 Å². The van der Waals surface area contributed by atoms with E-state index in [0.717, 1.165) is 24.2 Å². The molecule has 0 aliphatic rings. The van der Waals surface area contributed by atoms with E-state index in [1.54, 1.807) is 11.3 Å². The Bertz CT molecular complexity index is 445. The van der Waals surface area contributed by atoms with Gasteiger partial charge < -0.3 is 5.32 Å². The minimum Gasteiger partial charge on any atom is -0.388 e. The second kappa shape index (κ2) is 5.12. The Balaban J connectivity index is 2.21. The molecule has 0 fully saturated rings. The highest BCUT2D eigenvalue weighted by atomic mass is 32.1. The highest BCUT2D eigenvalue weighted by molar-refractivity contribution is 7.09. The highest BCUT2D eigenvalue weighted by Crippen LogP contribution is 2.23. The third-order valence-electron chi connectivity index (χ3n) is 2.48. The van der Waals surface area contributed by atoms with E-state index >= 15 is 0 Å². The summed E-state index contributed by atoms with van der Waals surface area (Å²) in [7, 11) is 1.93. The van der Waals surface area contributed by atoms with Gasteiger partial charge >= 0.3 is 0 Å². The number of rotatable bonds is 4. The molecule has 84 valence electrons. The zero-order chi connectivity index (χ0) is 11.4. The van der Waals surface area contributed by atoms with Gasteiger partial charge in [0, 0.05) is 23.7 Å². The van der Waals surface area contributed by atoms with Gasteiger partial charge in [-0.3, -0.25) is 0 Å². The number of aromatic nitrogens is 1. The first-order valence-corrected chi connectivity index (χ1v) is 6.44. The lowest BCUT2D eigenvalue weighted by Gasteiger charge is -2.00. The van der Waals surface area contributed by atoms with Crippen LogP contribution in [0.4, 0.5) is 5.69 Å². The average molecular weight is 232 g/mol. The maximum Gasteiger partial charge on any atom is 0.0932 e. The van der Waals surface area contributed by atoms with Crippen LogP contribution in [0.3, 0.4) is 0 Å². The monoisotopic (exact) mass is 232 g/mol. The van der Waals surface area contributed by atoms with Crippen molar-refractivity contribution in [3.8, 4) is 11.3 Å². The molecule has 0 unspecified atom stereocenters. The van der Waals surface area contributed by atoms with Crippen LogP contribution in [0, 0.1) is 0 Å². The van der Waals surface area contributed by atoms with Crippen LogP contribution in [0.2, 0.25) is 0 Å². The molecule has 0 amide bonds. The van der Waals surface area contributed by atoms with Gasteiger partial charge in [-0.05, 0) is 25.0 Å². The summed E-state index contributed by atoms with van der Waals surface area (Å²) in [5.74, 6) is 0. The second-order valence-electron chi connectivity index (χ2n) is 3.70. The molecule has 0 saturated heterocycles. The van der Waals surface area contributed by atoms with Gasteiger partial charge in [-0.2, -0.15) is 0 Å². The number of thiazole rings is 1. The van der Waals surface area contributed by atoms with E-state index in [2.05, 4.69) is 46.9 Å². The van der Waals surface area contributed by atoms with Crippen LogP contribution in [0.5, 0.6) is 0 Å². The van der Waals surface area contributed by atoms with Gasteiger partial charge in [0.15, 0.2) is 0 Å². The molecular formula is C13H16N2S. The first-order valence-electron chi connectivity index (χ1n) is 5.56. The van der Waals surface area contributed by atoms with Crippen LogP contribution in [-0.4, -0.2) is 12.0 Å². The van der Waals surface area contributed by atoms with Crippen LogP contribution in [0.15, 0.2) is 29.6 Å². The topological polar surface area (TPSA) is 24.9 Å². The van der Waals surface area contributed by atoms with E-state index in [1.165, 1.54) is 10.6 Å². The van der Waals surface area contributed by atoms with Gasteiger partial charge in [-0.1, -0.05) is 19.1 Å². The molecule has 0 bridgehead atoms. The Morgan fingerprint density at radius 3 is 2.62 bits per heavy atom. The molecule has 0 aliphatic heterocycles. The summed E-state index contributed by atoms with van der Waals surface area (Å²) >= 11 is 1.75. The minimum absolute atomic E-state index is 1.08. The van der Waals surface area contributed by atoms with Crippen LogP contribution in [-0.2, 0) is 6.42 Å². The summed E-state index contributed by atoms with van der Waals surface area (Å²) in [5.41, 5.74) is 3.42. The van der Waals surface area contributed by atoms with Crippen molar-refractivity contribution < 1.29 is 0 Å². The van der Waals surface area contributed by atoms with Crippen molar-refractivity contribution in [1.29, 1.82) is 0 Å². The number of nitrogens with zero attached hydrogens (tertiary/aromatic N) is 1. The number of nitrogens with one attached hydrogen (secondary N) is 1. The summed E-state index contributed by atoms with van der Waals surface area (Å²) in [6.45, 7) is 2.18. The molecule has 0 atom stereocenters. The summed E-state index contributed by atoms with van der Waals surface area (Å²) in [6, 6.07) is 8.37. The van der Waals surface area contributed by atoms with Crippen LogP contribution in [0.25, 0.3) is 11.3 Å². The predicted octanol–water partition coefficient (Wildman–Crippen LogP) is 3.80. The molecule has 0 radical (unpaired) electrons. The Kier molecular flexibility index (Phi) is 3.57. The molecule has 1 aromatic carbocycles. The fourth-order valence-corrected chi connectivity index (χ4v) is 2.49. The molecule has 2 aromatic rings. The quantitative estimate of drug-likeness (QED) is 0.867. The molecule has 3 heteroatoms. The molecule has 1 aromatic heterocycles. The zero-order valence-electron chi connectivity index (χ0n) is 9.66. The average Bonchev–Trinajstić information content (AvgIpc) is 2.78. The summed E-state index contributed by atoms with van der Waals surface area (Å²) in [4.78, 5) is 4.62. The standard InChI is InChI=1S/C13H16N2S/c1-3-4-13-15-12(9-16-13)10-5-7-11(14-2)8-6-10/h5-9,14H,3-4H2,1-2H3. The highest BCUT2D eigenvalue weighted by Gasteiger charge is 2.03. The van der Waals surface area contributed by atoms with Gasteiger partial charge in [0.2, 0.25) is 0 Å². The van der Waals surface area contributed by atoms with Crippen molar-refractivity contribution in [1.82, 2.24) is 4.98 Å². The van der Waals surface area contributed by atoms with Crippen molar-refractivity contribution >= 4 is 17.0 Å². The largest absolute Gasteiger partial charge is 0.388 e. The van der Waals surface area contributed by atoms with E-state index in [1.807, 2.05) is 7.05 Å². The Hall–Kier alpha value is -1.35. The van der Waals surface area contributed by atoms with Crippen molar-refractivity contribution in [3.05, 3.63) is 34.7 Å². The zero-order valence-corrected chi connectivity index (χ0v) is 10.5. The van der Waals surface area contributed by atoms with Crippen molar-refractivity contribution in [2.45, 2.75) is 19.8 Å². The SMILES string of the molecule is CCCc1nc(-c2ccc(NC)cc2)cs1. The maximum absolute atomic E-state index is 4.62. The van der Waals surface area contributed by atoms with Gasteiger partial charge in [-0.15, -0.1) is 11.3 Å². The lowest BCUT2D eigenvalue weighted by atomic mass is 10.1. The minimum atomic E-state index is 1.08. The molecule has 2 nitrogen and oxygen atoms in total. The van der Waals surface area contributed by atoms with E-state index < -0.39 is 0 Å². The third kappa shape index (κ3) is 2.42. The van der Waals surface area contributed by atoms with Crippen LogP contribution in [0.1, 0.15) is 18.4 Å². The maximum atomic E-state index is 4.62. The molecule has 2 rings (SSSR count). The molecule has 0 saturated carbocycles. The molecule has 0 spiro atoms. The molecule has 1 N–H and O–H groups in total. The van der Waals surface area contributed by atoms with Gasteiger partial charge in [0.05, 0.1) is 10.7 Å². The van der Waals surface area contributed by atoms with E-state index in [-0.39, 0.29) is 0 Å². The number of anilines is 1. The third-order valence-corrected chi connectivity index (χ3v) is 3.39. The van der Waals surface area contributed by atoms with Crippen molar-refractivity contribution in [2.24, 2.45) is 0 Å². The predicted molar refractivity (Wildman–Crippen MR) is 71.1 cm³/mol. The number of hydrogen-bond acceptors (Lipinski definition) is 3. The summed E-state index contributed by atoms with van der Waals surface area (Å²) in [5, 5.41) is 6.48. The van der Waals surface area contributed by atoms with E-state index in [0.29, 0.717) is 0 Å². The Morgan fingerprint density at radius 2 is 2.00 bits per heavy atom. The molecular weight excluding hydrogens is 216 g/mol. The first-order chi connectivity index (χ1) is 7.83. The number of aryl methyl sites for hydroxylation is 1. The lowest BCUT2D eigenvalue weighted by Crippen LogP contribution is -1.87. The molecule has 0 aliphatic carbocycles. The number of benzene rings is 1. The molecule has 16 heavy (non-hydrogen) atoms. The second-order valence-corrected chi connectivity index (χ2v) is 4.65.